The minimum Gasteiger partial charge on any atom is -0.465 e. The molecule has 0 saturated heterocycles. The molecule has 0 N–H and O–H groups in total. The third-order valence-electron chi connectivity index (χ3n) is 2.34. The minimum absolute atomic E-state index is 0.230. The van der Waals surface area contributed by atoms with E-state index in [0.29, 0.717) is 5.56 Å². The Morgan fingerprint density at radius 3 is 2.65 bits per heavy atom. The van der Waals surface area contributed by atoms with Crippen molar-refractivity contribution in [1.82, 2.24) is 0 Å². The third kappa shape index (κ3) is 2.53. The normalized spacial score (nSPS) is 10.3. The van der Waals surface area contributed by atoms with Crippen LogP contribution in [0, 0.1) is 12.7 Å². The Hall–Kier alpha value is -1.68. The van der Waals surface area contributed by atoms with E-state index in [1.807, 2.05) is 19.1 Å². The summed E-state index contributed by atoms with van der Waals surface area (Å²) in [5, 5.41) is 0. The van der Waals surface area contributed by atoms with Crippen LogP contribution in [0.3, 0.4) is 0 Å². The summed E-state index contributed by atoms with van der Waals surface area (Å²) in [6.07, 6.45) is 0. The number of rotatable bonds is 2. The van der Waals surface area contributed by atoms with Crippen LogP contribution in [0.15, 0.2) is 30.3 Å². The molecule has 0 amide bonds. The lowest BCUT2D eigenvalue weighted by atomic mass is 10.1. The van der Waals surface area contributed by atoms with E-state index in [9.17, 15) is 9.18 Å². The van der Waals surface area contributed by atoms with Crippen molar-refractivity contribution in [1.29, 1.82) is 0 Å². The standard InChI is InChI=1S/C13H11FO2S/c1-8-3-4-12(17-8)9-5-10(13(15)16-2)7-11(14)6-9/h3-7H,1-2H3. The van der Waals surface area contributed by atoms with Gasteiger partial charge in [-0.1, -0.05) is 0 Å². The van der Waals surface area contributed by atoms with Crippen LogP contribution in [0.1, 0.15) is 15.2 Å². The first-order valence-electron chi connectivity index (χ1n) is 5.06. The predicted molar refractivity (Wildman–Crippen MR) is 65.8 cm³/mol. The van der Waals surface area contributed by atoms with Gasteiger partial charge in [-0.3, -0.25) is 0 Å². The molecule has 0 bridgehead atoms. The van der Waals surface area contributed by atoms with Gasteiger partial charge in [-0.05, 0) is 42.8 Å². The summed E-state index contributed by atoms with van der Waals surface area (Å²) >= 11 is 1.56. The van der Waals surface area contributed by atoms with Crippen molar-refractivity contribution in [2.24, 2.45) is 0 Å². The largest absolute Gasteiger partial charge is 0.465 e. The Balaban J connectivity index is 2.48. The zero-order valence-electron chi connectivity index (χ0n) is 9.49. The average Bonchev–Trinajstić information content (AvgIpc) is 2.74. The molecule has 2 aromatic rings. The first-order valence-corrected chi connectivity index (χ1v) is 5.87. The van der Waals surface area contributed by atoms with Crippen LogP contribution in [-0.2, 0) is 4.74 Å². The highest BCUT2D eigenvalue weighted by atomic mass is 32.1. The molecule has 1 aromatic carbocycles. The summed E-state index contributed by atoms with van der Waals surface area (Å²) in [6, 6.07) is 8.10. The number of hydrogen-bond acceptors (Lipinski definition) is 3. The molecule has 0 unspecified atom stereocenters. The lowest BCUT2D eigenvalue weighted by Gasteiger charge is -2.03. The smallest absolute Gasteiger partial charge is 0.337 e. The zero-order valence-corrected chi connectivity index (χ0v) is 10.3. The number of halogens is 1. The average molecular weight is 250 g/mol. The van der Waals surface area contributed by atoms with E-state index in [2.05, 4.69) is 4.74 Å². The Morgan fingerprint density at radius 1 is 1.29 bits per heavy atom. The second kappa shape index (κ2) is 4.67. The second-order valence-electron chi connectivity index (χ2n) is 3.63. The highest BCUT2D eigenvalue weighted by molar-refractivity contribution is 7.15. The molecule has 17 heavy (non-hydrogen) atoms. The van der Waals surface area contributed by atoms with Gasteiger partial charge in [0.05, 0.1) is 12.7 Å². The predicted octanol–water partition coefficient (Wildman–Crippen LogP) is 3.65. The maximum absolute atomic E-state index is 13.4. The van der Waals surface area contributed by atoms with E-state index in [4.69, 9.17) is 0 Å². The number of benzene rings is 1. The van der Waals surface area contributed by atoms with Gasteiger partial charge in [-0.2, -0.15) is 0 Å². The zero-order chi connectivity index (χ0) is 12.4. The molecule has 4 heteroatoms. The summed E-state index contributed by atoms with van der Waals surface area (Å²) in [5.41, 5.74) is 0.928. The van der Waals surface area contributed by atoms with Gasteiger partial charge in [0.2, 0.25) is 0 Å². The summed E-state index contributed by atoms with van der Waals surface area (Å²) in [4.78, 5) is 13.4. The van der Waals surface area contributed by atoms with E-state index in [0.717, 1.165) is 9.75 Å². The monoisotopic (exact) mass is 250 g/mol. The van der Waals surface area contributed by atoms with Crippen molar-refractivity contribution in [2.45, 2.75) is 6.92 Å². The SMILES string of the molecule is COC(=O)c1cc(F)cc(-c2ccc(C)s2)c1. The number of ether oxygens (including phenoxy) is 1. The Kier molecular flexibility index (Phi) is 3.24. The van der Waals surface area contributed by atoms with Crippen molar-refractivity contribution in [3.8, 4) is 10.4 Å². The van der Waals surface area contributed by atoms with Gasteiger partial charge >= 0.3 is 5.97 Å². The molecule has 0 aliphatic rings. The second-order valence-corrected chi connectivity index (χ2v) is 4.92. The Morgan fingerprint density at radius 2 is 2.06 bits per heavy atom. The molecular weight excluding hydrogens is 239 g/mol. The minimum atomic E-state index is -0.529. The number of hydrogen-bond donors (Lipinski definition) is 0. The fraction of sp³-hybridized carbons (Fsp3) is 0.154. The molecule has 0 aliphatic carbocycles. The highest BCUT2D eigenvalue weighted by Crippen LogP contribution is 2.29. The molecule has 88 valence electrons. The van der Waals surface area contributed by atoms with Crippen LogP contribution < -0.4 is 0 Å². The molecule has 0 fully saturated rings. The van der Waals surface area contributed by atoms with Gasteiger partial charge < -0.3 is 4.74 Å². The molecule has 2 rings (SSSR count). The first kappa shape index (κ1) is 11.8. The molecule has 0 atom stereocenters. The van der Waals surface area contributed by atoms with Crippen molar-refractivity contribution >= 4 is 17.3 Å². The summed E-state index contributed by atoms with van der Waals surface area (Å²) in [7, 11) is 1.28. The molecule has 0 spiro atoms. The molecule has 1 aromatic heterocycles. The van der Waals surface area contributed by atoms with E-state index in [1.54, 1.807) is 17.4 Å². The number of esters is 1. The molecule has 1 heterocycles. The van der Waals surface area contributed by atoms with Crippen molar-refractivity contribution in [3.05, 3.63) is 46.6 Å². The lowest BCUT2D eigenvalue weighted by molar-refractivity contribution is 0.0600. The van der Waals surface area contributed by atoms with E-state index < -0.39 is 11.8 Å². The highest BCUT2D eigenvalue weighted by Gasteiger charge is 2.10. The van der Waals surface area contributed by atoms with Crippen molar-refractivity contribution in [2.75, 3.05) is 7.11 Å². The van der Waals surface area contributed by atoms with Crippen molar-refractivity contribution in [3.63, 3.8) is 0 Å². The van der Waals surface area contributed by atoms with Crippen molar-refractivity contribution < 1.29 is 13.9 Å². The maximum atomic E-state index is 13.4. The molecule has 0 aliphatic heterocycles. The topological polar surface area (TPSA) is 26.3 Å². The van der Waals surface area contributed by atoms with Gasteiger partial charge in [-0.15, -0.1) is 11.3 Å². The molecular formula is C13H11FO2S. The number of thiophene rings is 1. The van der Waals surface area contributed by atoms with Gasteiger partial charge in [0.25, 0.3) is 0 Å². The van der Waals surface area contributed by atoms with Gasteiger partial charge in [-0.25, -0.2) is 9.18 Å². The third-order valence-corrected chi connectivity index (χ3v) is 3.39. The summed E-state index contributed by atoms with van der Waals surface area (Å²) < 4.78 is 18.0. The van der Waals surface area contributed by atoms with Gasteiger partial charge in [0.15, 0.2) is 0 Å². The number of aryl methyl sites for hydroxylation is 1. The van der Waals surface area contributed by atoms with Crippen LogP contribution in [0.5, 0.6) is 0 Å². The van der Waals surface area contributed by atoms with Gasteiger partial charge in [0.1, 0.15) is 5.82 Å². The summed E-state index contributed by atoms with van der Waals surface area (Å²) in [5.74, 6) is -0.965. The van der Waals surface area contributed by atoms with Crippen LogP contribution in [0.25, 0.3) is 10.4 Å². The summed E-state index contributed by atoms with van der Waals surface area (Å²) in [6.45, 7) is 1.98. The molecule has 0 saturated carbocycles. The van der Waals surface area contributed by atoms with Crippen LogP contribution >= 0.6 is 11.3 Å². The van der Waals surface area contributed by atoms with Crippen LogP contribution in [0.4, 0.5) is 4.39 Å². The maximum Gasteiger partial charge on any atom is 0.337 e. The van der Waals surface area contributed by atoms with E-state index in [1.165, 1.54) is 19.2 Å². The van der Waals surface area contributed by atoms with Crippen LogP contribution in [-0.4, -0.2) is 13.1 Å². The van der Waals surface area contributed by atoms with Crippen LogP contribution in [0.2, 0.25) is 0 Å². The first-order chi connectivity index (χ1) is 8.10. The number of methoxy groups -OCH3 is 1. The quantitative estimate of drug-likeness (QED) is 0.760. The molecule has 2 nitrogen and oxygen atoms in total. The van der Waals surface area contributed by atoms with Gasteiger partial charge in [0, 0.05) is 9.75 Å². The number of carbonyl (C=O) groups is 1. The fourth-order valence-corrected chi connectivity index (χ4v) is 2.41. The number of carbonyl (C=O) groups excluding carboxylic acids is 1. The van der Waals surface area contributed by atoms with E-state index >= 15 is 0 Å². The van der Waals surface area contributed by atoms with E-state index in [-0.39, 0.29) is 5.56 Å². The fourth-order valence-electron chi connectivity index (χ4n) is 1.56. The molecule has 0 radical (unpaired) electrons. The Bertz CT molecular complexity index is 560. The lowest BCUT2D eigenvalue weighted by Crippen LogP contribution is -2.01. The Labute approximate surface area is 103 Å².